The SMILES string of the molecule is COC(=O)[C@H](CCSC)NC(=O)c1cccc(Oc2ccc3nncn3n2)c1. The molecule has 0 spiro atoms. The highest BCUT2D eigenvalue weighted by molar-refractivity contribution is 7.98. The van der Waals surface area contributed by atoms with Crippen LogP contribution in [0.2, 0.25) is 0 Å². The van der Waals surface area contributed by atoms with E-state index in [1.54, 1.807) is 48.2 Å². The minimum absolute atomic E-state index is 0.331. The highest BCUT2D eigenvalue weighted by atomic mass is 32.2. The summed E-state index contributed by atoms with van der Waals surface area (Å²) in [7, 11) is 1.30. The number of nitrogens with one attached hydrogen (secondary N) is 1. The Morgan fingerprint density at radius 3 is 2.93 bits per heavy atom. The summed E-state index contributed by atoms with van der Waals surface area (Å²) < 4.78 is 12.0. The van der Waals surface area contributed by atoms with Crippen LogP contribution in [0.15, 0.2) is 42.7 Å². The van der Waals surface area contributed by atoms with Gasteiger partial charge in [-0.05, 0) is 42.7 Å². The number of thioether (sulfide) groups is 1. The molecule has 3 rings (SSSR count). The first kappa shape index (κ1) is 19.6. The molecule has 1 N–H and O–H groups in total. The van der Waals surface area contributed by atoms with Gasteiger partial charge in [0.05, 0.1) is 7.11 Å². The molecular weight excluding hydrogens is 382 g/mol. The number of fused-ring (bicyclic) bond motifs is 1. The van der Waals surface area contributed by atoms with Gasteiger partial charge in [-0.1, -0.05) is 6.07 Å². The van der Waals surface area contributed by atoms with Gasteiger partial charge < -0.3 is 14.8 Å². The monoisotopic (exact) mass is 401 g/mol. The maximum absolute atomic E-state index is 12.6. The van der Waals surface area contributed by atoms with Crippen molar-refractivity contribution in [2.24, 2.45) is 0 Å². The largest absolute Gasteiger partial charge is 0.467 e. The lowest BCUT2D eigenvalue weighted by molar-refractivity contribution is -0.142. The van der Waals surface area contributed by atoms with Crippen LogP contribution in [0, 0.1) is 0 Å². The summed E-state index contributed by atoms with van der Waals surface area (Å²) in [4.78, 5) is 24.5. The molecule has 0 fully saturated rings. The number of rotatable bonds is 8. The zero-order valence-corrected chi connectivity index (χ0v) is 16.2. The van der Waals surface area contributed by atoms with Gasteiger partial charge in [0, 0.05) is 11.6 Å². The van der Waals surface area contributed by atoms with E-state index in [1.165, 1.54) is 18.0 Å². The molecule has 1 aromatic carbocycles. The van der Waals surface area contributed by atoms with E-state index in [0.29, 0.717) is 29.3 Å². The number of benzene rings is 1. The highest BCUT2D eigenvalue weighted by Crippen LogP contribution is 2.20. The first-order valence-corrected chi connectivity index (χ1v) is 9.82. The van der Waals surface area contributed by atoms with Gasteiger partial charge in [-0.25, -0.2) is 4.79 Å². The third-order valence-corrected chi connectivity index (χ3v) is 4.50. The van der Waals surface area contributed by atoms with Gasteiger partial charge in [0.2, 0.25) is 5.88 Å². The van der Waals surface area contributed by atoms with Gasteiger partial charge >= 0.3 is 5.97 Å². The number of ether oxygens (including phenoxy) is 2. The van der Waals surface area contributed by atoms with E-state index in [1.807, 2.05) is 6.26 Å². The number of aromatic nitrogens is 4. The van der Waals surface area contributed by atoms with Crippen molar-refractivity contribution in [3.8, 4) is 11.6 Å². The molecule has 0 saturated carbocycles. The second-order valence-corrected chi connectivity index (χ2v) is 6.75. The molecule has 0 aliphatic carbocycles. The van der Waals surface area contributed by atoms with Crippen LogP contribution in [0.3, 0.4) is 0 Å². The number of carbonyl (C=O) groups is 2. The molecule has 2 heterocycles. The minimum atomic E-state index is -0.702. The Hall–Kier alpha value is -3.14. The van der Waals surface area contributed by atoms with Crippen molar-refractivity contribution in [3.63, 3.8) is 0 Å². The average Bonchev–Trinajstić information content (AvgIpc) is 3.18. The van der Waals surface area contributed by atoms with Crippen LogP contribution in [-0.2, 0) is 9.53 Å². The van der Waals surface area contributed by atoms with E-state index < -0.39 is 12.0 Å². The second kappa shape index (κ2) is 9.18. The Morgan fingerprint density at radius 1 is 1.29 bits per heavy atom. The van der Waals surface area contributed by atoms with E-state index >= 15 is 0 Å². The van der Waals surface area contributed by atoms with Gasteiger partial charge in [-0.3, -0.25) is 4.79 Å². The number of nitrogens with zero attached hydrogens (tertiary/aromatic N) is 4. The quantitative estimate of drug-likeness (QED) is 0.571. The Labute approximate surface area is 165 Å². The first-order chi connectivity index (χ1) is 13.6. The third kappa shape index (κ3) is 4.77. The number of methoxy groups -OCH3 is 1. The summed E-state index contributed by atoms with van der Waals surface area (Å²) in [6.45, 7) is 0. The summed E-state index contributed by atoms with van der Waals surface area (Å²) in [6, 6.07) is 9.30. The Morgan fingerprint density at radius 2 is 2.14 bits per heavy atom. The normalized spacial score (nSPS) is 11.8. The summed E-state index contributed by atoms with van der Waals surface area (Å²) in [6.07, 6.45) is 3.88. The van der Waals surface area contributed by atoms with E-state index in [9.17, 15) is 9.59 Å². The van der Waals surface area contributed by atoms with E-state index in [2.05, 4.69) is 20.6 Å². The molecule has 0 aliphatic rings. The minimum Gasteiger partial charge on any atom is -0.467 e. The average molecular weight is 401 g/mol. The smallest absolute Gasteiger partial charge is 0.328 e. The van der Waals surface area contributed by atoms with Crippen molar-refractivity contribution in [2.75, 3.05) is 19.1 Å². The Bertz CT molecular complexity index is 977. The molecule has 1 atom stereocenters. The lowest BCUT2D eigenvalue weighted by Crippen LogP contribution is -2.41. The summed E-state index contributed by atoms with van der Waals surface area (Å²) in [5.74, 6) is 0.634. The van der Waals surface area contributed by atoms with Crippen LogP contribution in [0.25, 0.3) is 5.65 Å². The number of carbonyl (C=O) groups excluding carboxylic acids is 2. The molecule has 0 aliphatic heterocycles. The number of amides is 1. The zero-order chi connectivity index (χ0) is 19.9. The maximum atomic E-state index is 12.6. The van der Waals surface area contributed by atoms with Crippen LogP contribution in [0.5, 0.6) is 11.6 Å². The molecule has 9 nitrogen and oxygen atoms in total. The van der Waals surface area contributed by atoms with Crippen LogP contribution < -0.4 is 10.1 Å². The van der Waals surface area contributed by atoms with E-state index in [4.69, 9.17) is 9.47 Å². The topological polar surface area (TPSA) is 108 Å². The molecule has 10 heteroatoms. The maximum Gasteiger partial charge on any atom is 0.328 e. The molecule has 1 amide bonds. The number of hydrogen-bond acceptors (Lipinski definition) is 8. The third-order valence-electron chi connectivity index (χ3n) is 3.86. The van der Waals surface area contributed by atoms with Gasteiger partial charge in [0.1, 0.15) is 18.1 Å². The van der Waals surface area contributed by atoms with Gasteiger partial charge in [-0.15, -0.1) is 15.3 Å². The van der Waals surface area contributed by atoms with Gasteiger partial charge in [0.25, 0.3) is 5.91 Å². The predicted octanol–water partition coefficient (Wildman–Crippen LogP) is 1.94. The molecule has 3 aromatic rings. The standard InChI is InChI=1S/C18H19N5O4S/c1-26-18(25)14(8-9-28-2)20-17(24)12-4-3-5-13(10-12)27-16-7-6-15-21-19-11-23(15)22-16/h3-7,10-11,14H,8-9H2,1-2H3,(H,20,24)/t14-/m0/s1. The molecule has 0 radical (unpaired) electrons. The van der Waals surface area contributed by atoms with Crippen molar-refractivity contribution >= 4 is 29.3 Å². The lowest BCUT2D eigenvalue weighted by Gasteiger charge is -2.16. The molecule has 0 unspecified atom stereocenters. The van der Waals surface area contributed by atoms with E-state index in [-0.39, 0.29) is 5.91 Å². The highest BCUT2D eigenvalue weighted by Gasteiger charge is 2.22. The Kier molecular flexibility index (Phi) is 6.43. The number of esters is 1. The zero-order valence-electron chi connectivity index (χ0n) is 15.4. The second-order valence-electron chi connectivity index (χ2n) is 5.77. The van der Waals surface area contributed by atoms with Crippen molar-refractivity contribution < 1.29 is 19.1 Å². The van der Waals surface area contributed by atoms with Crippen LogP contribution in [0.1, 0.15) is 16.8 Å². The summed E-state index contributed by atoms with van der Waals surface area (Å²) in [5, 5.41) is 14.6. The molecule has 0 bridgehead atoms. The van der Waals surface area contributed by atoms with Crippen molar-refractivity contribution in [3.05, 3.63) is 48.3 Å². The summed E-state index contributed by atoms with van der Waals surface area (Å²) >= 11 is 1.59. The fraction of sp³-hybridized carbons (Fsp3) is 0.278. The molecule has 28 heavy (non-hydrogen) atoms. The Balaban J connectivity index is 1.72. The lowest BCUT2D eigenvalue weighted by atomic mass is 10.1. The van der Waals surface area contributed by atoms with Crippen LogP contribution >= 0.6 is 11.8 Å². The summed E-state index contributed by atoms with van der Waals surface area (Å²) in [5.41, 5.74) is 0.959. The van der Waals surface area contributed by atoms with Crippen molar-refractivity contribution in [2.45, 2.75) is 12.5 Å². The predicted molar refractivity (Wildman–Crippen MR) is 104 cm³/mol. The van der Waals surface area contributed by atoms with Crippen molar-refractivity contribution in [1.29, 1.82) is 0 Å². The van der Waals surface area contributed by atoms with Crippen molar-refractivity contribution in [1.82, 2.24) is 25.1 Å². The van der Waals surface area contributed by atoms with Crippen LogP contribution in [-0.4, -0.2) is 56.8 Å². The fourth-order valence-electron chi connectivity index (χ4n) is 2.46. The van der Waals surface area contributed by atoms with E-state index in [0.717, 1.165) is 5.75 Å². The molecular formula is C18H19N5O4S. The fourth-order valence-corrected chi connectivity index (χ4v) is 2.93. The van der Waals surface area contributed by atoms with Gasteiger partial charge in [0.15, 0.2) is 5.65 Å². The van der Waals surface area contributed by atoms with Crippen LogP contribution in [0.4, 0.5) is 0 Å². The molecule has 2 aromatic heterocycles. The molecule has 0 saturated heterocycles. The number of hydrogen-bond donors (Lipinski definition) is 1. The van der Waals surface area contributed by atoms with Gasteiger partial charge in [-0.2, -0.15) is 16.3 Å². The first-order valence-electron chi connectivity index (χ1n) is 8.43. The molecule has 146 valence electrons.